The van der Waals surface area contributed by atoms with E-state index in [9.17, 15) is 14.7 Å². The van der Waals surface area contributed by atoms with Gasteiger partial charge in [-0.25, -0.2) is 0 Å². The van der Waals surface area contributed by atoms with E-state index in [0.717, 1.165) is 11.3 Å². The van der Waals surface area contributed by atoms with Gasteiger partial charge in [-0.05, 0) is 61.7 Å². The molecule has 0 saturated heterocycles. The second-order valence-electron chi connectivity index (χ2n) is 8.14. The molecule has 7 nitrogen and oxygen atoms in total. The molecule has 2 atom stereocenters. The van der Waals surface area contributed by atoms with Gasteiger partial charge in [0.25, 0.3) is 11.8 Å². The Balaban J connectivity index is 1.75. The molecule has 2 N–H and O–H groups in total. The van der Waals surface area contributed by atoms with Gasteiger partial charge in [-0.3, -0.25) is 14.5 Å². The molecule has 0 saturated carbocycles. The van der Waals surface area contributed by atoms with Crippen LogP contribution in [0.15, 0.2) is 54.7 Å². The van der Waals surface area contributed by atoms with Crippen LogP contribution in [0.3, 0.4) is 0 Å². The fourth-order valence-corrected chi connectivity index (χ4v) is 4.37. The van der Waals surface area contributed by atoms with E-state index in [-0.39, 0.29) is 18.2 Å². The Morgan fingerprint density at radius 1 is 1.06 bits per heavy atom. The number of aromatic amines is 1. The van der Waals surface area contributed by atoms with Gasteiger partial charge in [0.15, 0.2) is 11.5 Å². The monoisotopic (exact) mass is 448 g/mol. The minimum atomic E-state index is -0.727. The van der Waals surface area contributed by atoms with Crippen LogP contribution in [0.2, 0.25) is 0 Å². The van der Waals surface area contributed by atoms with Crippen molar-refractivity contribution in [1.29, 1.82) is 0 Å². The molecule has 2 amide bonds. The summed E-state index contributed by atoms with van der Waals surface area (Å²) in [6.07, 6.45) is 1.82. The number of aliphatic hydroxyl groups excluding tert-OH is 1. The number of carbonyl (C=O) groups excluding carboxylic acids is 2. The van der Waals surface area contributed by atoms with Crippen molar-refractivity contribution in [2.24, 2.45) is 0 Å². The van der Waals surface area contributed by atoms with Crippen LogP contribution in [0, 0.1) is 0 Å². The lowest BCUT2D eigenvalue weighted by molar-refractivity contribution is 0.0523. The number of ether oxygens (including phenoxy) is 2. The highest BCUT2D eigenvalue weighted by Gasteiger charge is 2.42. The third kappa shape index (κ3) is 4.36. The predicted octanol–water partition coefficient (Wildman–Crippen LogP) is 4.12. The maximum absolute atomic E-state index is 13.6. The molecule has 4 rings (SSSR count). The van der Waals surface area contributed by atoms with E-state index >= 15 is 0 Å². The molecule has 0 bridgehead atoms. The lowest BCUT2D eigenvalue weighted by Gasteiger charge is -2.28. The summed E-state index contributed by atoms with van der Waals surface area (Å²) in [6, 6.07) is 13.9. The molecule has 2 aromatic carbocycles. The van der Waals surface area contributed by atoms with Gasteiger partial charge < -0.3 is 19.6 Å². The van der Waals surface area contributed by atoms with Crippen LogP contribution in [0.25, 0.3) is 0 Å². The van der Waals surface area contributed by atoms with Gasteiger partial charge in [-0.15, -0.1) is 0 Å². The lowest BCUT2D eigenvalue weighted by Crippen LogP contribution is -2.36. The molecular weight excluding hydrogens is 420 g/mol. The maximum Gasteiger partial charge on any atom is 0.262 e. The second kappa shape index (κ2) is 9.50. The zero-order valence-electron chi connectivity index (χ0n) is 19.0. The van der Waals surface area contributed by atoms with Gasteiger partial charge >= 0.3 is 0 Å². The van der Waals surface area contributed by atoms with Crippen molar-refractivity contribution >= 4 is 11.8 Å². The molecular formula is C26H28N2O5. The smallest absolute Gasteiger partial charge is 0.262 e. The highest BCUT2D eigenvalue weighted by molar-refractivity contribution is 6.22. The number of benzene rings is 2. The van der Waals surface area contributed by atoms with Crippen LogP contribution in [-0.4, -0.2) is 46.6 Å². The van der Waals surface area contributed by atoms with Gasteiger partial charge in [0.1, 0.15) is 0 Å². The highest BCUT2D eigenvalue weighted by Crippen LogP contribution is 2.39. The van der Waals surface area contributed by atoms with Crippen molar-refractivity contribution < 1.29 is 24.2 Å². The second-order valence-corrected chi connectivity index (χ2v) is 8.14. The summed E-state index contributed by atoms with van der Waals surface area (Å²) < 4.78 is 11.1. The topological polar surface area (TPSA) is 91.9 Å². The SMILES string of the molecule is CCOc1cc([C@@H](C[C@@H](C)O)N2C(=O)c3cccc(Cc4ccc[nH]4)c3C2=O)ccc1OC. The molecule has 2 heterocycles. The molecule has 172 valence electrons. The van der Waals surface area contributed by atoms with Crippen molar-refractivity contribution in [1.82, 2.24) is 9.88 Å². The third-order valence-electron chi connectivity index (χ3n) is 5.82. The standard InChI is InChI=1S/C26H28N2O5/c1-4-33-23-15-17(10-11-22(23)32-3)21(13-16(2)29)28-25(30)20-9-5-7-18(24(20)26(28)31)14-19-8-6-12-27-19/h5-12,15-16,21,27,29H,4,13-14H2,1-3H3/t16-,21-/m1/s1. The fourth-order valence-electron chi connectivity index (χ4n) is 4.37. The van der Waals surface area contributed by atoms with E-state index in [4.69, 9.17) is 9.47 Å². The van der Waals surface area contributed by atoms with E-state index < -0.39 is 12.1 Å². The Morgan fingerprint density at radius 3 is 2.55 bits per heavy atom. The van der Waals surface area contributed by atoms with Crippen LogP contribution in [0.4, 0.5) is 0 Å². The van der Waals surface area contributed by atoms with E-state index in [1.165, 1.54) is 4.90 Å². The van der Waals surface area contributed by atoms with Gasteiger partial charge in [0.05, 0.1) is 37.0 Å². The number of hydrogen-bond acceptors (Lipinski definition) is 5. The summed E-state index contributed by atoms with van der Waals surface area (Å²) in [4.78, 5) is 31.5. The molecule has 7 heteroatoms. The van der Waals surface area contributed by atoms with Crippen molar-refractivity contribution in [3.05, 3.63) is 82.7 Å². The molecule has 0 radical (unpaired) electrons. The van der Waals surface area contributed by atoms with Crippen molar-refractivity contribution in [3.63, 3.8) is 0 Å². The number of amides is 2. The number of fused-ring (bicyclic) bond motifs is 1. The lowest BCUT2D eigenvalue weighted by atomic mass is 9.98. The summed E-state index contributed by atoms with van der Waals surface area (Å²) in [6.45, 7) is 3.96. The van der Waals surface area contributed by atoms with Crippen molar-refractivity contribution in [2.45, 2.75) is 38.8 Å². The maximum atomic E-state index is 13.6. The number of H-pyrrole nitrogens is 1. The average molecular weight is 449 g/mol. The first-order chi connectivity index (χ1) is 15.9. The number of carbonyl (C=O) groups is 2. The molecule has 3 aromatic rings. The predicted molar refractivity (Wildman–Crippen MR) is 124 cm³/mol. The minimum Gasteiger partial charge on any atom is -0.493 e. The molecule has 1 aromatic heterocycles. The van der Waals surface area contributed by atoms with Crippen molar-refractivity contribution in [2.75, 3.05) is 13.7 Å². The molecule has 0 spiro atoms. The fraction of sp³-hybridized carbons (Fsp3) is 0.308. The first kappa shape index (κ1) is 22.6. The highest BCUT2D eigenvalue weighted by atomic mass is 16.5. The van der Waals surface area contributed by atoms with Gasteiger partial charge in [-0.2, -0.15) is 0 Å². The van der Waals surface area contributed by atoms with Crippen LogP contribution < -0.4 is 9.47 Å². The van der Waals surface area contributed by atoms with E-state index in [1.54, 1.807) is 44.4 Å². The number of rotatable bonds is 9. The molecule has 33 heavy (non-hydrogen) atoms. The largest absolute Gasteiger partial charge is 0.493 e. The van der Waals surface area contributed by atoms with Crippen LogP contribution in [-0.2, 0) is 6.42 Å². The normalized spacial score (nSPS) is 14.8. The van der Waals surface area contributed by atoms with Crippen LogP contribution >= 0.6 is 0 Å². The summed E-state index contributed by atoms with van der Waals surface area (Å²) in [5.74, 6) is 0.378. The number of nitrogens with zero attached hydrogens (tertiary/aromatic N) is 1. The number of methoxy groups -OCH3 is 1. The Morgan fingerprint density at radius 2 is 1.88 bits per heavy atom. The minimum absolute atomic E-state index is 0.204. The van der Waals surface area contributed by atoms with E-state index in [2.05, 4.69) is 4.98 Å². The number of hydrogen-bond donors (Lipinski definition) is 2. The number of imide groups is 1. The van der Waals surface area contributed by atoms with E-state index in [1.807, 2.05) is 31.3 Å². The Hall–Kier alpha value is -3.58. The number of aliphatic hydroxyl groups is 1. The van der Waals surface area contributed by atoms with E-state index in [0.29, 0.717) is 41.2 Å². The summed E-state index contributed by atoms with van der Waals surface area (Å²) in [5, 5.41) is 10.2. The molecule has 1 aliphatic rings. The average Bonchev–Trinajstić information content (AvgIpc) is 3.39. The Bertz CT molecular complexity index is 1150. The summed E-state index contributed by atoms with van der Waals surface area (Å²) in [5.41, 5.74) is 3.25. The molecule has 0 unspecified atom stereocenters. The van der Waals surface area contributed by atoms with Crippen LogP contribution in [0.1, 0.15) is 63.8 Å². The van der Waals surface area contributed by atoms with Gasteiger partial charge in [0.2, 0.25) is 0 Å². The summed E-state index contributed by atoms with van der Waals surface area (Å²) in [7, 11) is 1.56. The summed E-state index contributed by atoms with van der Waals surface area (Å²) >= 11 is 0. The Labute approximate surface area is 193 Å². The molecule has 0 fully saturated rings. The first-order valence-electron chi connectivity index (χ1n) is 11.0. The first-order valence-corrected chi connectivity index (χ1v) is 11.0. The van der Waals surface area contributed by atoms with Gasteiger partial charge in [-0.1, -0.05) is 18.2 Å². The van der Waals surface area contributed by atoms with Crippen LogP contribution in [0.5, 0.6) is 11.5 Å². The van der Waals surface area contributed by atoms with Crippen molar-refractivity contribution in [3.8, 4) is 11.5 Å². The molecule has 1 aliphatic heterocycles. The molecule has 0 aliphatic carbocycles. The third-order valence-corrected chi connectivity index (χ3v) is 5.82. The Kier molecular flexibility index (Phi) is 6.51. The zero-order valence-corrected chi connectivity index (χ0v) is 19.0. The zero-order chi connectivity index (χ0) is 23.5. The number of aromatic nitrogens is 1. The number of nitrogens with one attached hydrogen (secondary N) is 1. The van der Waals surface area contributed by atoms with Gasteiger partial charge in [0, 0.05) is 18.3 Å². The quantitative estimate of drug-likeness (QED) is 0.481.